The summed E-state index contributed by atoms with van der Waals surface area (Å²) in [7, 11) is 0. The van der Waals surface area contributed by atoms with Gasteiger partial charge in [0.2, 0.25) is 5.91 Å². The third-order valence-corrected chi connectivity index (χ3v) is 3.75. The first kappa shape index (κ1) is 14.8. The van der Waals surface area contributed by atoms with Crippen molar-refractivity contribution in [1.82, 2.24) is 9.78 Å². The van der Waals surface area contributed by atoms with Gasteiger partial charge >= 0.3 is 0 Å². The largest absolute Gasteiger partial charge is 0.326 e. The Hall–Kier alpha value is -3.13. The summed E-state index contributed by atoms with van der Waals surface area (Å²) < 4.78 is 1.85. The molecule has 0 aliphatic carbocycles. The highest BCUT2D eigenvalue weighted by Crippen LogP contribution is 2.18. The first-order valence-electron chi connectivity index (χ1n) is 7.38. The summed E-state index contributed by atoms with van der Waals surface area (Å²) in [4.78, 5) is 12.0. The van der Waals surface area contributed by atoms with Gasteiger partial charge < -0.3 is 5.32 Å². The highest BCUT2D eigenvalue weighted by atomic mass is 16.1. The number of nitrogens with one attached hydrogen (secondary N) is 1. The molecule has 0 radical (unpaired) electrons. The molecule has 3 aromatic rings. The van der Waals surface area contributed by atoms with Crippen LogP contribution in [0.3, 0.4) is 0 Å². The molecule has 1 amide bonds. The maximum absolute atomic E-state index is 12.0. The first-order valence-corrected chi connectivity index (χ1v) is 7.38. The van der Waals surface area contributed by atoms with Crippen LogP contribution in [0.4, 0.5) is 5.69 Å². The number of hydrogen-bond acceptors (Lipinski definition) is 3. The van der Waals surface area contributed by atoms with Crippen LogP contribution in [0.5, 0.6) is 0 Å². The Bertz CT molecular complexity index is 888. The Morgan fingerprint density at radius 3 is 2.78 bits per heavy atom. The van der Waals surface area contributed by atoms with Crippen LogP contribution in [-0.2, 0) is 11.3 Å². The van der Waals surface area contributed by atoms with Gasteiger partial charge in [0.15, 0.2) is 0 Å². The molecule has 0 spiro atoms. The smallest absolute Gasteiger partial charge is 0.226 e. The second-order valence-electron chi connectivity index (χ2n) is 5.36. The van der Waals surface area contributed by atoms with Gasteiger partial charge in [0.1, 0.15) is 0 Å². The highest BCUT2D eigenvalue weighted by Gasteiger charge is 2.07. The lowest BCUT2D eigenvalue weighted by atomic mass is 10.1. The van der Waals surface area contributed by atoms with Gasteiger partial charge in [-0.1, -0.05) is 12.1 Å². The molecule has 3 rings (SSSR count). The van der Waals surface area contributed by atoms with Crippen molar-refractivity contribution in [2.75, 3.05) is 5.32 Å². The van der Waals surface area contributed by atoms with Crippen LogP contribution in [0.1, 0.15) is 17.5 Å². The molecule has 0 unspecified atom stereocenters. The van der Waals surface area contributed by atoms with Crippen molar-refractivity contribution in [3.05, 3.63) is 59.8 Å². The molecule has 2 aromatic carbocycles. The molecular formula is C18H16N4O. The fourth-order valence-corrected chi connectivity index (χ4v) is 2.49. The predicted molar refractivity (Wildman–Crippen MR) is 88.9 cm³/mol. The van der Waals surface area contributed by atoms with Gasteiger partial charge in [-0.05, 0) is 42.8 Å². The fourth-order valence-electron chi connectivity index (χ4n) is 2.49. The van der Waals surface area contributed by atoms with E-state index < -0.39 is 0 Å². The third kappa shape index (κ3) is 3.22. The fraction of sp³-hybridized carbons (Fsp3) is 0.167. The quantitative estimate of drug-likeness (QED) is 0.804. The SMILES string of the molecule is Cc1cccc2c1cnn2CCC(=O)Nc1ccc(C#N)cc1. The van der Waals surface area contributed by atoms with E-state index in [0.717, 1.165) is 10.9 Å². The Morgan fingerprint density at radius 1 is 1.26 bits per heavy atom. The minimum atomic E-state index is -0.0778. The van der Waals surface area contributed by atoms with Crippen molar-refractivity contribution in [2.45, 2.75) is 19.9 Å². The molecule has 0 saturated heterocycles. The molecule has 5 heteroatoms. The highest BCUT2D eigenvalue weighted by molar-refractivity contribution is 5.90. The standard InChI is InChI=1S/C18H16N4O/c1-13-3-2-4-17-16(13)12-20-22(17)10-9-18(23)21-15-7-5-14(11-19)6-8-15/h2-8,12H,9-10H2,1H3,(H,21,23). The van der Waals surface area contributed by atoms with Crippen molar-refractivity contribution in [2.24, 2.45) is 0 Å². The van der Waals surface area contributed by atoms with Gasteiger partial charge in [-0.15, -0.1) is 0 Å². The Morgan fingerprint density at radius 2 is 2.04 bits per heavy atom. The van der Waals surface area contributed by atoms with Crippen molar-refractivity contribution < 1.29 is 4.79 Å². The average molecular weight is 304 g/mol. The number of carbonyl (C=O) groups is 1. The molecule has 114 valence electrons. The molecule has 5 nitrogen and oxygen atoms in total. The second kappa shape index (κ2) is 6.32. The number of nitriles is 1. The van der Waals surface area contributed by atoms with Crippen molar-refractivity contribution in [3.8, 4) is 6.07 Å². The maximum atomic E-state index is 12.0. The zero-order chi connectivity index (χ0) is 16.2. The van der Waals surface area contributed by atoms with Crippen LogP contribution in [-0.4, -0.2) is 15.7 Å². The minimum absolute atomic E-state index is 0.0778. The van der Waals surface area contributed by atoms with E-state index in [1.807, 2.05) is 42.1 Å². The number of aromatic nitrogens is 2. The molecule has 0 fully saturated rings. The topological polar surface area (TPSA) is 70.7 Å². The lowest BCUT2D eigenvalue weighted by molar-refractivity contribution is -0.116. The van der Waals surface area contributed by atoms with Crippen molar-refractivity contribution in [1.29, 1.82) is 5.26 Å². The zero-order valence-corrected chi connectivity index (χ0v) is 12.8. The molecule has 1 heterocycles. The van der Waals surface area contributed by atoms with E-state index in [0.29, 0.717) is 24.2 Å². The number of benzene rings is 2. The molecule has 1 aromatic heterocycles. The summed E-state index contributed by atoms with van der Waals surface area (Å²) in [5.41, 5.74) is 3.48. The number of nitrogens with zero attached hydrogens (tertiary/aromatic N) is 3. The lowest BCUT2D eigenvalue weighted by Crippen LogP contribution is -2.14. The van der Waals surface area contributed by atoms with Gasteiger partial charge in [-0.2, -0.15) is 10.4 Å². The maximum Gasteiger partial charge on any atom is 0.226 e. The van der Waals surface area contributed by atoms with Crippen LogP contribution < -0.4 is 5.32 Å². The summed E-state index contributed by atoms with van der Waals surface area (Å²) in [5.74, 6) is -0.0778. The van der Waals surface area contributed by atoms with E-state index >= 15 is 0 Å². The van der Waals surface area contributed by atoms with Crippen LogP contribution >= 0.6 is 0 Å². The van der Waals surface area contributed by atoms with E-state index in [-0.39, 0.29) is 5.91 Å². The van der Waals surface area contributed by atoms with Crippen molar-refractivity contribution >= 4 is 22.5 Å². The van der Waals surface area contributed by atoms with Crippen LogP contribution in [0.15, 0.2) is 48.7 Å². The Labute approximate surface area is 134 Å². The molecule has 0 bridgehead atoms. The van der Waals surface area contributed by atoms with Crippen LogP contribution in [0.25, 0.3) is 10.9 Å². The Balaban J connectivity index is 1.64. The van der Waals surface area contributed by atoms with E-state index in [2.05, 4.69) is 10.4 Å². The van der Waals surface area contributed by atoms with Gasteiger partial charge in [-0.25, -0.2) is 0 Å². The number of amides is 1. The number of hydrogen-bond donors (Lipinski definition) is 1. The summed E-state index contributed by atoms with van der Waals surface area (Å²) in [6.45, 7) is 2.57. The minimum Gasteiger partial charge on any atom is -0.326 e. The average Bonchev–Trinajstić information content (AvgIpc) is 2.98. The Kier molecular flexibility index (Phi) is 4.07. The molecule has 0 saturated carbocycles. The summed E-state index contributed by atoms with van der Waals surface area (Å²) >= 11 is 0. The van der Waals surface area contributed by atoms with Gasteiger partial charge in [0.25, 0.3) is 0 Å². The third-order valence-electron chi connectivity index (χ3n) is 3.75. The monoisotopic (exact) mass is 304 g/mol. The van der Waals surface area contributed by atoms with E-state index in [4.69, 9.17) is 5.26 Å². The van der Waals surface area contributed by atoms with Gasteiger partial charge in [0, 0.05) is 17.5 Å². The van der Waals surface area contributed by atoms with Crippen LogP contribution in [0, 0.1) is 18.3 Å². The number of carbonyl (C=O) groups excluding carboxylic acids is 1. The zero-order valence-electron chi connectivity index (χ0n) is 12.8. The van der Waals surface area contributed by atoms with E-state index in [9.17, 15) is 4.79 Å². The number of aryl methyl sites for hydroxylation is 2. The molecular weight excluding hydrogens is 288 g/mol. The molecule has 0 atom stereocenters. The van der Waals surface area contributed by atoms with E-state index in [1.165, 1.54) is 5.56 Å². The van der Waals surface area contributed by atoms with E-state index in [1.54, 1.807) is 24.3 Å². The molecule has 1 N–H and O–H groups in total. The van der Waals surface area contributed by atoms with Gasteiger partial charge in [-0.3, -0.25) is 9.48 Å². The van der Waals surface area contributed by atoms with Crippen LogP contribution in [0.2, 0.25) is 0 Å². The number of anilines is 1. The molecule has 23 heavy (non-hydrogen) atoms. The lowest BCUT2D eigenvalue weighted by Gasteiger charge is -2.06. The number of rotatable bonds is 4. The normalized spacial score (nSPS) is 10.4. The molecule has 0 aliphatic rings. The summed E-state index contributed by atoms with van der Waals surface area (Å²) in [6.07, 6.45) is 2.17. The second-order valence-corrected chi connectivity index (χ2v) is 5.36. The summed E-state index contributed by atoms with van der Waals surface area (Å²) in [5, 5.41) is 17.1. The first-order chi connectivity index (χ1) is 11.2. The number of fused-ring (bicyclic) bond motifs is 1. The molecule has 0 aliphatic heterocycles. The predicted octanol–water partition coefficient (Wildman–Crippen LogP) is 3.25. The summed E-state index contributed by atoms with van der Waals surface area (Å²) in [6, 6.07) is 14.9. The van der Waals surface area contributed by atoms with Gasteiger partial charge in [0.05, 0.1) is 29.9 Å². The van der Waals surface area contributed by atoms with Crippen molar-refractivity contribution in [3.63, 3.8) is 0 Å².